The van der Waals surface area contributed by atoms with E-state index in [0.29, 0.717) is 5.56 Å². The Morgan fingerprint density at radius 1 is 1.06 bits per heavy atom. The zero-order chi connectivity index (χ0) is 11.7. The van der Waals surface area contributed by atoms with E-state index < -0.39 is 0 Å². The van der Waals surface area contributed by atoms with E-state index in [2.05, 4.69) is 9.97 Å². The lowest BCUT2D eigenvalue weighted by molar-refractivity contribution is 0.477. The summed E-state index contributed by atoms with van der Waals surface area (Å²) >= 11 is 5.74. The van der Waals surface area contributed by atoms with Crippen molar-refractivity contribution in [2.24, 2.45) is 0 Å². The maximum Gasteiger partial charge on any atom is 0.167 e. The average molecular weight is 237 g/mol. The Bertz CT molecular complexity index is 521. The molecule has 0 aliphatic carbocycles. The van der Waals surface area contributed by atoms with Crippen molar-refractivity contribution in [1.29, 1.82) is 0 Å². The number of phenols is 1. The highest BCUT2D eigenvalue weighted by atomic mass is 35.5. The molecule has 1 heterocycles. The van der Waals surface area contributed by atoms with E-state index in [-0.39, 0.29) is 28.2 Å². The van der Waals surface area contributed by atoms with E-state index in [1.54, 1.807) is 18.2 Å². The van der Waals surface area contributed by atoms with Crippen molar-refractivity contribution in [3.63, 3.8) is 0 Å². The van der Waals surface area contributed by atoms with Gasteiger partial charge in [-0.2, -0.15) is 0 Å². The quantitative estimate of drug-likeness (QED) is 0.700. The van der Waals surface area contributed by atoms with E-state index >= 15 is 0 Å². The van der Waals surface area contributed by atoms with Crippen molar-refractivity contribution < 1.29 is 5.11 Å². The number of nitrogens with zero attached hydrogens (tertiary/aromatic N) is 2. The summed E-state index contributed by atoms with van der Waals surface area (Å²) in [6, 6.07) is 6.64. The SMILES string of the molecule is Nc1nc(-c2ccccc2O)nc(N)c1Cl. The maximum atomic E-state index is 9.62. The number of hydrogen-bond acceptors (Lipinski definition) is 5. The third kappa shape index (κ3) is 1.72. The van der Waals surface area contributed by atoms with Crippen LogP contribution in [0.3, 0.4) is 0 Å². The molecule has 0 atom stereocenters. The average Bonchev–Trinajstić information content (AvgIpc) is 2.26. The number of aromatic nitrogens is 2. The molecule has 0 unspecified atom stereocenters. The monoisotopic (exact) mass is 236 g/mol. The van der Waals surface area contributed by atoms with Gasteiger partial charge in [0.2, 0.25) is 0 Å². The van der Waals surface area contributed by atoms with Crippen molar-refractivity contribution in [2.75, 3.05) is 11.5 Å². The lowest BCUT2D eigenvalue weighted by Gasteiger charge is -2.06. The molecule has 0 aliphatic heterocycles. The highest BCUT2D eigenvalue weighted by Gasteiger charge is 2.11. The predicted molar refractivity (Wildman–Crippen MR) is 63.0 cm³/mol. The van der Waals surface area contributed by atoms with Crippen LogP contribution in [0.5, 0.6) is 5.75 Å². The summed E-state index contributed by atoms with van der Waals surface area (Å²) in [5, 5.41) is 9.74. The Morgan fingerprint density at radius 2 is 1.62 bits per heavy atom. The lowest BCUT2D eigenvalue weighted by Crippen LogP contribution is -2.02. The van der Waals surface area contributed by atoms with Gasteiger partial charge in [0, 0.05) is 0 Å². The molecule has 0 saturated carbocycles. The van der Waals surface area contributed by atoms with Crippen LogP contribution in [-0.4, -0.2) is 15.1 Å². The minimum atomic E-state index is 0.0589. The lowest BCUT2D eigenvalue weighted by atomic mass is 10.2. The molecular formula is C10H9ClN4O. The molecule has 1 aromatic heterocycles. The van der Waals surface area contributed by atoms with Crippen molar-refractivity contribution in [3.8, 4) is 17.1 Å². The first-order valence-electron chi connectivity index (χ1n) is 4.46. The fourth-order valence-corrected chi connectivity index (χ4v) is 1.35. The van der Waals surface area contributed by atoms with Crippen LogP contribution >= 0.6 is 11.6 Å². The van der Waals surface area contributed by atoms with Gasteiger partial charge < -0.3 is 16.6 Å². The van der Waals surface area contributed by atoms with Crippen LogP contribution in [0, 0.1) is 0 Å². The molecule has 6 heteroatoms. The number of phenolic OH excluding ortho intramolecular Hbond substituents is 1. The normalized spacial score (nSPS) is 10.3. The number of rotatable bonds is 1. The highest BCUT2D eigenvalue weighted by Crippen LogP contribution is 2.30. The Kier molecular flexibility index (Phi) is 2.54. The van der Waals surface area contributed by atoms with Gasteiger partial charge in [-0.3, -0.25) is 0 Å². The number of anilines is 2. The molecule has 2 aromatic rings. The van der Waals surface area contributed by atoms with Crippen LogP contribution in [0.4, 0.5) is 11.6 Å². The van der Waals surface area contributed by atoms with Gasteiger partial charge in [-0.1, -0.05) is 23.7 Å². The molecule has 0 fully saturated rings. The molecule has 2 rings (SSSR count). The second-order valence-electron chi connectivity index (χ2n) is 3.15. The Hall–Kier alpha value is -2.01. The summed E-state index contributed by atoms with van der Waals surface area (Å²) in [5.41, 5.74) is 11.6. The zero-order valence-electron chi connectivity index (χ0n) is 8.18. The first-order chi connectivity index (χ1) is 7.59. The standard InChI is InChI=1S/C10H9ClN4O/c11-7-8(12)14-10(15-9(7)13)5-3-1-2-4-6(5)16/h1-4,16H,(H4,12,13,14,15). The molecule has 0 spiro atoms. The molecule has 0 bridgehead atoms. The molecule has 82 valence electrons. The number of hydrogen-bond donors (Lipinski definition) is 3. The van der Waals surface area contributed by atoms with Crippen molar-refractivity contribution in [1.82, 2.24) is 9.97 Å². The fraction of sp³-hybridized carbons (Fsp3) is 0. The molecule has 0 amide bonds. The van der Waals surface area contributed by atoms with Crippen LogP contribution in [0.1, 0.15) is 0 Å². The number of halogens is 1. The fourth-order valence-electron chi connectivity index (χ4n) is 1.27. The van der Waals surface area contributed by atoms with Crippen molar-refractivity contribution in [3.05, 3.63) is 29.3 Å². The van der Waals surface area contributed by atoms with Gasteiger partial charge in [-0.15, -0.1) is 0 Å². The van der Waals surface area contributed by atoms with Gasteiger partial charge in [0.1, 0.15) is 22.4 Å². The summed E-state index contributed by atoms with van der Waals surface area (Å²) in [7, 11) is 0. The molecular weight excluding hydrogens is 228 g/mol. The third-order valence-electron chi connectivity index (χ3n) is 2.05. The minimum Gasteiger partial charge on any atom is -0.507 e. The van der Waals surface area contributed by atoms with Crippen LogP contribution in [0.25, 0.3) is 11.4 Å². The number of para-hydroxylation sites is 1. The summed E-state index contributed by atoms with van der Waals surface area (Å²) in [4.78, 5) is 7.92. The molecule has 5 nitrogen and oxygen atoms in total. The van der Waals surface area contributed by atoms with E-state index in [1.807, 2.05) is 0 Å². The van der Waals surface area contributed by atoms with Crippen molar-refractivity contribution in [2.45, 2.75) is 0 Å². The van der Waals surface area contributed by atoms with Gasteiger partial charge in [-0.05, 0) is 12.1 Å². The largest absolute Gasteiger partial charge is 0.507 e. The van der Waals surface area contributed by atoms with Gasteiger partial charge in [0.25, 0.3) is 0 Å². The molecule has 0 radical (unpaired) electrons. The Morgan fingerprint density at radius 3 is 2.19 bits per heavy atom. The van der Waals surface area contributed by atoms with E-state index in [0.717, 1.165) is 0 Å². The zero-order valence-corrected chi connectivity index (χ0v) is 8.94. The number of nitrogen functional groups attached to an aromatic ring is 2. The highest BCUT2D eigenvalue weighted by molar-refractivity contribution is 6.35. The van der Waals surface area contributed by atoms with Gasteiger partial charge >= 0.3 is 0 Å². The van der Waals surface area contributed by atoms with E-state index in [9.17, 15) is 5.11 Å². The third-order valence-corrected chi connectivity index (χ3v) is 2.43. The first-order valence-corrected chi connectivity index (χ1v) is 4.84. The maximum absolute atomic E-state index is 9.62. The summed E-state index contributed by atoms with van der Waals surface area (Å²) < 4.78 is 0. The predicted octanol–water partition coefficient (Wildman–Crippen LogP) is 1.67. The number of aromatic hydroxyl groups is 1. The summed E-state index contributed by atoms with van der Waals surface area (Å²) in [5.74, 6) is 0.487. The summed E-state index contributed by atoms with van der Waals surface area (Å²) in [6.45, 7) is 0. The van der Waals surface area contributed by atoms with Gasteiger partial charge in [0.05, 0.1) is 5.56 Å². The topological polar surface area (TPSA) is 98.0 Å². The first kappa shape index (κ1) is 10.5. The summed E-state index contributed by atoms with van der Waals surface area (Å²) in [6.07, 6.45) is 0. The second-order valence-corrected chi connectivity index (χ2v) is 3.53. The van der Waals surface area contributed by atoms with E-state index in [4.69, 9.17) is 23.1 Å². The number of nitrogens with two attached hydrogens (primary N) is 2. The van der Waals surface area contributed by atoms with Crippen LogP contribution in [0.15, 0.2) is 24.3 Å². The molecule has 1 aromatic carbocycles. The van der Waals surface area contributed by atoms with Crippen molar-refractivity contribution >= 4 is 23.2 Å². The van der Waals surface area contributed by atoms with Crippen LogP contribution in [-0.2, 0) is 0 Å². The Balaban J connectivity index is 2.62. The van der Waals surface area contributed by atoms with Gasteiger partial charge in [-0.25, -0.2) is 9.97 Å². The molecule has 0 saturated heterocycles. The van der Waals surface area contributed by atoms with Gasteiger partial charge in [0.15, 0.2) is 5.82 Å². The Labute approximate surface area is 96.7 Å². The van der Waals surface area contributed by atoms with Crippen LogP contribution < -0.4 is 11.5 Å². The smallest absolute Gasteiger partial charge is 0.167 e. The van der Waals surface area contributed by atoms with Crippen LogP contribution in [0.2, 0.25) is 5.02 Å². The number of benzene rings is 1. The molecule has 0 aliphatic rings. The second kappa shape index (κ2) is 3.86. The van der Waals surface area contributed by atoms with E-state index in [1.165, 1.54) is 6.07 Å². The molecule has 16 heavy (non-hydrogen) atoms. The minimum absolute atomic E-state index is 0.0589. The molecule has 5 N–H and O–H groups in total.